The molecule has 0 aromatic rings. The summed E-state index contributed by atoms with van der Waals surface area (Å²) in [5.41, 5.74) is -0.519. The number of carbonyl (C=O) groups is 1. The molecule has 0 aromatic carbocycles. The Hall–Kier alpha value is -0.810. The number of amides is 1. The highest BCUT2D eigenvalue weighted by molar-refractivity contribution is 5.67. The van der Waals surface area contributed by atoms with Gasteiger partial charge in [0.2, 0.25) is 0 Å². The molecule has 1 aliphatic rings. The Kier molecular flexibility index (Phi) is 5.62. The third-order valence-electron chi connectivity index (χ3n) is 3.26. The summed E-state index contributed by atoms with van der Waals surface area (Å²) in [6.07, 6.45) is 0.738. The molecule has 1 amide bonds. The average Bonchev–Trinajstić information content (AvgIpc) is 2.52. The highest BCUT2D eigenvalue weighted by Crippen LogP contribution is 2.28. The minimum absolute atomic E-state index is 0.0837. The van der Waals surface area contributed by atoms with Crippen LogP contribution in [0.3, 0.4) is 0 Å². The van der Waals surface area contributed by atoms with E-state index >= 15 is 0 Å². The summed E-state index contributed by atoms with van der Waals surface area (Å²) in [4.78, 5) is 11.4. The van der Waals surface area contributed by atoms with Crippen LogP contribution in [0.4, 0.5) is 4.79 Å². The van der Waals surface area contributed by atoms with Crippen LogP contribution in [-0.4, -0.2) is 41.7 Å². The number of aliphatic hydroxyl groups excluding tert-OH is 1. The molecule has 5 nitrogen and oxygen atoms in total. The lowest BCUT2D eigenvalue weighted by Gasteiger charge is -2.21. The van der Waals surface area contributed by atoms with Crippen LogP contribution in [0.25, 0.3) is 0 Å². The third-order valence-corrected chi connectivity index (χ3v) is 3.26. The first-order valence-corrected chi connectivity index (χ1v) is 6.97. The lowest BCUT2D eigenvalue weighted by molar-refractivity contribution is 0.0129. The van der Waals surface area contributed by atoms with Crippen LogP contribution >= 0.6 is 0 Å². The van der Waals surface area contributed by atoms with Crippen LogP contribution in [-0.2, 0) is 9.47 Å². The summed E-state index contributed by atoms with van der Waals surface area (Å²) in [5.74, 6) is 0.524. The fraction of sp³-hybridized carbons (Fsp3) is 0.929. The second kappa shape index (κ2) is 6.57. The highest BCUT2D eigenvalue weighted by Gasteiger charge is 2.30. The van der Waals surface area contributed by atoms with Crippen molar-refractivity contribution in [3.8, 4) is 0 Å². The van der Waals surface area contributed by atoms with Crippen LogP contribution in [0, 0.1) is 5.92 Å². The maximum atomic E-state index is 11.4. The summed E-state index contributed by atoms with van der Waals surface area (Å²) in [6.45, 7) is 9.80. The molecule has 2 N–H and O–H groups in total. The number of nitrogens with one attached hydrogen (secondary N) is 1. The molecule has 4 unspecified atom stereocenters. The second-order valence-electron chi connectivity index (χ2n) is 6.45. The third kappa shape index (κ3) is 6.25. The van der Waals surface area contributed by atoms with Crippen molar-refractivity contribution in [2.75, 3.05) is 6.54 Å². The number of ether oxygens (including phenoxy) is 2. The van der Waals surface area contributed by atoms with Gasteiger partial charge in [-0.3, -0.25) is 0 Å². The molecule has 112 valence electrons. The van der Waals surface area contributed by atoms with E-state index in [0.717, 1.165) is 6.42 Å². The van der Waals surface area contributed by atoms with Gasteiger partial charge in [-0.15, -0.1) is 0 Å². The van der Waals surface area contributed by atoms with E-state index in [2.05, 4.69) is 19.2 Å². The van der Waals surface area contributed by atoms with E-state index in [1.807, 2.05) is 0 Å². The molecule has 19 heavy (non-hydrogen) atoms. The number of hydrogen-bond donors (Lipinski definition) is 2. The van der Waals surface area contributed by atoms with Gasteiger partial charge >= 0.3 is 6.09 Å². The van der Waals surface area contributed by atoms with Crippen molar-refractivity contribution in [3.63, 3.8) is 0 Å². The highest BCUT2D eigenvalue weighted by atomic mass is 16.6. The Labute approximate surface area is 115 Å². The maximum absolute atomic E-state index is 11.4. The topological polar surface area (TPSA) is 67.8 Å². The lowest BCUT2D eigenvalue weighted by Crippen LogP contribution is -2.37. The number of alkyl carbamates (subject to hydrolysis) is 1. The van der Waals surface area contributed by atoms with Gasteiger partial charge in [0.15, 0.2) is 0 Å². The van der Waals surface area contributed by atoms with Gasteiger partial charge < -0.3 is 19.9 Å². The predicted octanol–water partition coefficient (Wildman–Crippen LogP) is 2.08. The quantitative estimate of drug-likeness (QED) is 0.823. The van der Waals surface area contributed by atoms with E-state index in [4.69, 9.17) is 9.47 Å². The van der Waals surface area contributed by atoms with Crippen molar-refractivity contribution in [3.05, 3.63) is 0 Å². The SMILES string of the molecule is CC1CC(CC(O)CNC(=O)OC(C)(C)C)OC1C. The Morgan fingerprint density at radius 1 is 1.47 bits per heavy atom. The van der Waals surface area contributed by atoms with Gasteiger partial charge in [-0.2, -0.15) is 0 Å². The molecule has 1 rings (SSSR count). The van der Waals surface area contributed by atoms with Crippen LogP contribution in [0.5, 0.6) is 0 Å². The van der Waals surface area contributed by atoms with Crippen LogP contribution in [0.2, 0.25) is 0 Å². The van der Waals surface area contributed by atoms with Crippen molar-refractivity contribution < 1.29 is 19.4 Å². The molecule has 0 saturated carbocycles. The fourth-order valence-corrected chi connectivity index (χ4v) is 2.15. The number of hydrogen-bond acceptors (Lipinski definition) is 4. The molecule has 1 heterocycles. The summed E-state index contributed by atoms with van der Waals surface area (Å²) < 4.78 is 10.8. The van der Waals surface area contributed by atoms with Gasteiger partial charge in [0.05, 0.1) is 18.3 Å². The molecule has 0 bridgehead atoms. The number of rotatable bonds is 4. The first-order valence-electron chi connectivity index (χ1n) is 6.97. The molecule has 1 saturated heterocycles. The molecule has 4 atom stereocenters. The molecule has 5 heteroatoms. The van der Waals surface area contributed by atoms with Gasteiger partial charge in [0, 0.05) is 13.0 Å². The fourth-order valence-electron chi connectivity index (χ4n) is 2.15. The Morgan fingerprint density at radius 3 is 2.58 bits per heavy atom. The smallest absolute Gasteiger partial charge is 0.407 e. The Morgan fingerprint density at radius 2 is 2.11 bits per heavy atom. The van der Waals surface area contributed by atoms with Crippen molar-refractivity contribution in [2.24, 2.45) is 5.92 Å². The van der Waals surface area contributed by atoms with Crippen LogP contribution in [0.15, 0.2) is 0 Å². The molecular weight excluding hydrogens is 246 g/mol. The lowest BCUT2D eigenvalue weighted by atomic mass is 10.0. The summed E-state index contributed by atoms with van der Waals surface area (Å²) in [7, 11) is 0. The normalized spacial score (nSPS) is 29.1. The monoisotopic (exact) mass is 273 g/mol. The van der Waals surface area contributed by atoms with Crippen LogP contribution < -0.4 is 5.32 Å². The first-order chi connectivity index (χ1) is 8.67. The standard InChI is InChI=1S/C14H27NO4/c1-9-6-12(18-10(9)2)7-11(16)8-15-13(17)19-14(3,4)5/h9-12,16H,6-8H2,1-5H3,(H,15,17). The average molecular weight is 273 g/mol. The van der Waals surface area contributed by atoms with Crippen molar-refractivity contribution >= 4 is 6.09 Å². The Balaban J connectivity index is 2.21. The van der Waals surface area contributed by atoms with E-state index in [-0.39, 0.29) is 18.8 Å². The molecular formula is C14H27NO4. The maximum Gasteiger partial charge on any atom is 0.407 e. The van der Waals surface area contributed by atoms with E-state index < -0.39 is 17.8 Å². The zero-order valence-corrected chi connectivity index (χ0v) is 12.6. The zero-order chi connectivity index (χ0) is 14.6. The van der Waals surface area contributed by atoms with Gasteiger partial charge in [-0.25, -0.2) is 4.79 Å². The summed E-state index contributed by atoms with van der Waals surface area (Å²) in [6, 6.07) is 0. The molecule has 1 aliphatic heterocycles. The number of carbonyl (C=O) groups excluding carboxylic acids is 1. The Bertz CT molecular complexity index is 290. The molecule has 1 fully saturated rings. The van der Waals surface area contributed by atoms with Crippen molar-refractivity contribution in [1.29, 1.82) is 0 Å². The van der Waals surface area contributed by atoms with E-state index in [9.17, 15) is 9.90 Å². The minimum atomic E-state index is -0.602. The second-order valence-corrected chi connectivity index (χ2v) is 6.45. The van der Waals surface area contributed by atoms with E-state index in [1.54, 1.807) is 20.8 Å². The van der Waals surface area contributed by atoms with Crippen LogP contribution in [0.1, 0.15) is 47.5 Å². The van der Waals surface area contributed by atoms with Crippen molar-refractivity contribution in [1.82, 2.24) is 5.32 Å². The van der Waals surface area contributed by atoms with E-state index in [1.165, 1.54) is 0 Å². The van der Waals surface area contributed by atoms with Gasteiger partial charge in [0.1, 0.15) is 5.60 Å². The minimum Gasteiger partial charge on any atom is -0.444 e. The molecule has 0 radical (unpaired) electrons. The number of aliphatic hydroxyl groups is 1. The van der Waals surface area contributed by atoms with Crippen molar-refractivity contribution in [2.45, 2.75) is 71.4 Å². The van der Waals surface area contributed by atoms with Gasteiger partial charge in [-0.1, -0.05) is 6.92 Å². The summed E-state index contributed by atoms with van der Waals surface area (Å²) in [5, 5.41) is 12.4. The molecule has 0 aromatic heterocycles. The molecule has 0 aliphatic carbocycles. The van der Waals surface area contributed by atoms with E-state index in [0.29, 0.717) is 12.3 Å². The summed E-state index contributed by atoms with van der Waals surface area (Å²) >= 11 is 0. The van der Waals surface area contributed by atoms with Gasteiger partial charge in [0.25, 0.3) is 0 Å². The first kappa shape index (κ1) is 16.2. The largest absolute Gasteiger partial charge is 0.444 e. The predicted molar refractivity (Wildman–Crippen MR) is 73.0 cm³/mol. The molecule has 0 spiro atoms. The van der Waals surface area contributed by atoms with Gasteiger partial charge in [-0.05, 0) is 40.0 Å². The zero-order valence-electron chi connectivity index (χ0n) is 12.6.